The molecule has 0 heterocycles. The molecule has 0 saturated heterocycles. The fourth-order valence-electron chi connectivity index (χ4n) is 2.52. The second-order valence-electron chi connectivity index (χ2n) is 5.18. The maximum absolute atomic E-state index is 12.1. The monoisotopic (exact) mass is 248 g/mol. The molecule has 0 aromatic heterocycles. The van der Waals surface area contributed by atoms with Gasteiger partial charge < -0.3 is 5.73 Å². The fraction of sp³-hybridized carbons (Fsp3) is 1.00. The van der Waals surface area contributed by atoms with Crippen molar-refractivity contribution >= 4 is 10.0 Å². The number of hydrogen-bond acceptors (Lipinski definition) is 3. The van der Waals surface area contributed by atoms with Crippen molar-refractivity contribution in [3.63, 3.8) is 0 Å². The van der Waals surface area contributed by atoms with E-state index in [1.165, 1.54) is 0 Å². The van der Waals surface area contributed by atoms with Crippen molar-refractivity contribution in [1.82, 2.24) is 4.31 Å². The summed E-state index contributed by atoms with van der Waals surface area (Å²) in [6.07, 6.45) is 3.10. The van der Waals surface area contributed by atoms with Crippen molar-refractivity contribution in [2.45, 2.75) is 39.2 Å². The third-order valence-electron chi connectivity index (χ3n) is 3.37. The Balaban J connectivity index is 2.72. The van der Waals surface area contributed by atoms with Crippen molar-refractivity contribution < 1.29 is 8.42 Å². The molecule has 0 amide bonds. The lowest BCUT2D eigenvalue weighted by Gasteiger charge is -2.29. The first-order valence-corrected chi connectivity index (χ1v) is 7.65. The van der Waals surface area contributed by atoms with Gasteiger partial charge in [-0.1, -0.05) is 20.3 Å². The first kappa shape index (κ1) is 13.9. The molecule has 1 rings (SSSR count). The molecule has 2 N–H and O–H groups in total. The number of hydrogen-bond donors (Lipinski definition) is 1. The first-order valence-electron chi connectivity index (χ1n) is 6.04. The maximum atomic E-state index is 12.1. The van der Waals surface area contributed by atoms with Gasteiger partial charge in [-0.3, -0.25) is 0 Å². The van der Waals surface area contributed by atoms with Gasteiger partial charge in [-0.05, 0) is 31.2 Å². The zero-order valence-electron chi connectivity index (χ0n) is 10.5. The number of sulfonamides is 1. The molecule has 5 heteroatoms. The van der Waals surface area contributed by atoms with Crippen LogP contribution in [0.1, 0.15) is 33.1 Å². The van der Waals surface area contributed by atoms with Crippen molar-refractivity contribution in [3.8, 4) is 0 Å². The average Bonchev–Trinajstić information content (AvgIpc) is 2.61. The molecule has 0 aromatic carbocycles. The van der Waals surface area contributed by atoms with Gasteiger partial charge in [-0.25, -0.2) is 12.7 Å². The van der Waals surface area contributed by atoms with Crippen molar-refractivity contribution in [1.29, 1.82) is 0 Å². The highest BCUT2D eigenvalue weighted by molar-refractivity contribution is 7.89. The van der Waals surface area contributed by atoms with E-state index < -0.39 is 10.0 Å². The Labute approximate surface area is 99.2 Å². The van der Waals surface area contributed by atoms with Crippen molar-refractivity contribution in [2.24, 2.45) is 17.6 Å². The Morgan fingerprint density at radius 3 is 2.50 bits per heavy atom. The van der Waals surface area contributed by atoms with Crippen LogP contribution < -0.4 is 5.73 Å². The molecule has 0 bridgehead atoms. The Hall–Kier alpha value is -0.130. The molecule has 1 saturated carbocycles. The van der Waals surface area contributed by atoms with Crippen LogP contribution in [-0.2, 0) is 10.0 Å². The summed E-state index contributed by atoms with van der Waals surface area (Å²) in [4.78, 5) is 0. The highest BCUT2D eigenvalue weighted by atomic mass is 32.2. The lowest BCUT2D eigenvalue weighted by Crippen LogP contribution is -2.43. The van der Waals surface area contributed by atoms with E-state index in [0.717, 1.165) is 19.3 Å². The molecule has 0 aromatic rings. The molecule has 2 atom stereocenters. The summed E-state index contributed by atoms with van der Waals surface area (Å²) in [7, 11) is -1.40. The van der Waals surface area contributed by atoms with Gasteiger partial charge >= 0.3 is 0 Å². The standard InChI is InChI=1S/C11H24N2O2S/c1-9(2)8-16(14,15)13(3)11-6-4-5-10(11)7-12/h9-11H,4-8,12H2,1-3H3. The second kappa shape index (κ2) is 5.47. The van der Waals surface area contributed by atoms with Gasteiger partial charge in [-0.15, -0.1) is 0 Å². The van der Waals surface area contributed by atoms with E-state index in [9.17, 15) is 8.42 Å². The summed E-state index contributed by atoms with van der Waals surface area (Å²) < 4.78 is 25.7. The Bertz CT molecular complexity index is 314. The van der Waals surface area contributed by atoms with E-state index in [0.29, 0.717) is 12.5 Å². The van der Waals surface area contributed by atoms with Crippen LogP contribution in [0.5, 0.6) is 0 Å². The Morgan fingerprint density at radius 2 is 2.00 bits per heavy atom. The lowest BCUT2D eigenvalue weighted by atomic mass is 10.0. The van der Waals surface area contributed by atoms with Crippen LogP contribution in [-0.4, -0.2) is 38.1 Å². The molecule has 96 valence electrons. The van der Waals surface area contributed by atoms with E-state index in [2.05, 4.69) is 0 Å². The quantitative estimate of drug-likeness (QED) is 0.790. The number of rotatable bonds is 5. The minimum absolute atomic E-state index is 0.119. The first-order chi connectivity index (χ1) is 7.38. The third-order valence-corrected chi connectivity index (χ3v) is 5.61. The predicted molar refractivity (Wildman–Crippen MR) is 66.6 cm³/mol. The molecule has 0 spiro atoms. The van der Waals surface area contributed by atoms with Crippen LogP contribution in [0.3, 0.4) is 0 Å². The van der Waals surface area contributed by atoms with Crippen LogP contribution in [0, 0.1) is 11.8 Å². The molecule has 4 nitrogen and oxygen atoms in total. The van der Waals surface area contributed by atoms with Gasteiger partial charge in [0.2, 0.25) is 10.0 Å². The van der Waals surface area contributed by atoms with E-state index >= 15 is 0 Å². The van der Waals surface area contributed by atoms with Crippen LogP contribution in [0.4, 0.5) is 0 Å². The second-order valence-corrected chi connectivity index (χ2v) is 7.26. The normalized spacial score (nSPS) is 26.9. The van der Waals surface area contributed by atoms with Gasteiger partial charge in [0.05, 0.1) is 5.75 Å². The van der Waals surface area contributed by atoms with E-state index in [1.54, 1.807) is 11.4 Å². The smallest absolute Gasteiger partial charge is 0.214 e. The maximum Gasteiger partial charge on any atom is 0.214 e. The van der Waals surface area contributed by atoms with Gasteiger partial charge in [0, 0.05) is 13.1 Å². The highest BCUT2D eigenvalue weighted by Crippen LogP contribution is 2.30. The van der Waals surface area contributed by atoms with Crippen LogP contribution in [0.15, 0.2) is 0 Å². The van der Waals surface area contributed by atoms with Crippen LogP contribution >= 0.6 is 0 Å². The number of nitrogens with two attached hydrogens (primary N) is 1. The molecule has 1 aliphatic rings. The molecule has 2 unspecified atom stereocenters. The van der Waals surface area contributed by atoms with E-state index in [-0.39, 0.29) is 17.7 Å². The molecular formula is C11H24N2O2S. The molecule has 0 radical (unpaired) electrons. The summed E-state index contributed by atoms with van der Waals surface area (Å²) >= 11 is 0. The zero-order valence-corrected chi connectivity index (χ0v) is 11.3. The Morgan fingerprint density at radius 1 is 1.38 bits per heavy atom. The minimum Gasteiger partial charge on any atom is -0.330 e. The topological polar surface area (TPSA) is 63.4 Å². The minimum atomic E-state index is -3.11. The Kier molecular flexibility index (Phi) is 4.76. The van der Waals surface area contributed by atoms with Gasteiger partial charge in [0.15, 0.2) is 0 Å². The fourth-order valence-corrected chi connectivity index (χ4v) is 4.28. The lowest BCUT2D eigenvalue weighted by molar-refractivity contribution is 0.303. The van der Waals surface area contributed by atoms with E-state index in [1.807, 2.05) is 13.8 Å². The SMILES string of the molecule is CC(C)CS(=O)(=O)N(C)C1CCCC1CN. The van der Waals surface area contributed by atoms with Gasteiger partial charge in [0.1, 0.15) is 0 Å². The predicted octanol–water partition coefficient (Wildman–Crippen LogP) is 1.03. The van der Waals surface area contributed by atoms with Gasteiger partial charge in [-0.2, -0.15) is 0 Å². The molecule has 0 aliphatic heterocycles. The summed E-state index contributed by atoms with van der Waals surface area (Å²) in [5.41, 5.74) is 5.69. The molecular weight excluding hydrogens is 224 g/mol. The average molecular weight is 248 g/mol. The summed E-state index contributed by atoms with van der Waals surface area (Å²) in [5.74, 6) is 0.745. The zero-order chi connectivity index (χ0) is 12.3. The summed E-state index contributed by atoms with van der Waals surface area (Å²) in [6.45, 7) is 4.45. The third kappa shape index (κ3) is 3.18. The van der Waals surface area contributed by atoms with Gasteiger partial charge in [0.25, 0.3) is 0 Å². The molecule has 16 heavy (non-hydrogen) atoms. The number of nitrogens with zero attached hydrogens (tertiary/aromatic N) is 1. The van der Waals surface area contributed by atoms with Crippen LogP contribution in [0.2, 0.25) is 0 Å². The van der Waals surface area contributed by atoms with Crippen molar-refractivity contribution in [2.75, 3.05) is 19.3 Å². The molecule has 1 fully saturated rings. The largest absolute Gasteiger partial charge is 0.330 e. The molecule has 1 aliphatic carbocycles. The summed E-state index contributed by atoms with van der Waals surface area (Å²) in [5, 5.41) is 0. The summed E-state index contributed by atoms with van der Waals surface area (Å²) in [6, 6.07) is 0.119. The van der Waals surface area contributed by atoms with E-state index in [4.69, 9.17) is 5.73 Å². The van der Waals surface area contributed by atoms with Crippen LogP contribution in [0.25, 0.3) is 0 Å². The highest BCUT2D eigenvalue weighted by Gasteiger charge is 2.35. The van der Waals surface area contributed by atoms with Crippen molar-refractivity contribution in [3.05, 3.63) is 0 Å².